The molecule has 0 aliphatic carbocycles. The average Bonchev–Trinajstić information content (AvgIpc) is 2.28. The molecular weight excluding hydrogens is 253 g/mol. The summed E-state index contributed by atoms with van der Waals surface area (Å²) < 4.78 is 11.2. The smallest absolute Gasteiger partial charge is 0.320 e. The van der Waals surface area contributed by atoms with Crippen molar-refractivity contribution in [2.45, 2.75) is 19.0 Å². The summed E-state index contributed by atoms with van der Waals surface area (Å²) in [5, 5.41) is 11.9. The molecule has 0 fully saturated rings. The Kier molecular flexibility index (Phi) is 5.54. The summed E-state index contributed by atoms with van der Waals surface area (Å²) in [7, 11) is -3.16. The number of carboxylic acid groups (broad SMARTS) is 1. The molecular formula is C12H18NO4P. The monoisotopic (exact) mass is 271 g/mol. The highest BCUT2D eigenvalue weighted by Gasteiger charge is 2.20. The third-order valence-electron chi connectivity index (χ3n) is 2.53. The molecule has 3 N–H and O–H groups in total. The molecule has 2 atom stereocenters. The lowest BCUT2D eigenvalue weighted by Crippen LogP contribution is -2.36. The first kappa shape index (κ1) is 14.9. The van der Waals surface area contributed by atoms with Gasteiger partial charge < -0.3 is 15.3 Å². The summed E-state index contributed by atoms with van der Waals surface area (Å²) in [5.41, 5.74) is 0.979. The largest absolute Gasteiger partial charge is 0.480 e. The van der Waals surface area contributed by atoms with Crippen LogP contribution in [0.3, 0.4) is 0 Å². The van der Waals surface area contributed by atoms with E-state index in [0.717, 1.165) is 5.56 Å². The highest BCUT2D eigenvalue weighted by molar-refractivity contribution is 7.57. The van der Waals surface area contributed by atoms with Gasteiger partial charge in [0, 0.05) is 19.4 Å². The van der Waals surface area contributed by atoms with Gasteiger partial charge in [0.25, 0.3) is 0 Å². The van der Waals surface area contributed by atoms with E-state index < -0.39 is 19.4 Å². The molecule has 0 aliphatic rings. The van der Waals surface area contributed by atoms with E-state index in [-0.39, 0.29) is 12.6 Å². The van der Waals surface area contributed by atoms with Crippen LogP contribution in [-0.2, 0) is 15.9 Å². The molecule has 0 aromatic heterocycles. The van der Waals surface area contributed by atoms with Crippen LogP contribution in [0.25, 0.3) is 0 Å². The fourth-order valence-corrected chi connectivity index (χ4v) is 2.26. The van der Waals surface area contributed by atoms with Crippen LogP contribution < -0.4 is 5.32 Å². The number of carbonyl (C=O) groups is 1. The Morgan fingerprint density at radius 2 is 2.00 bits per heavy atom. The van der Waals surface area contributed by atoms with E-state index in [4.69, 9.17) is 10.00 Å². The Morgan fingerprint density at radius 3 is 2.50 bits per heavy atom. The van der Waals surface area contributed by atoms with E-state index in [2.05, 4.69) is 5.32 Å². The molecule has 0 saturated heterocycles. The standard InChI is InChI=1S/C12H18NO4P/c1-18(16,17)8-7-11(12(14)15)13-9-10-5-3-2-4-6-10/h2-6,11,13H,7-9H2,1H3,(H,14,15)(H,16,17). The predicted molar refractivity (Wildman–Crippen MR) is 69.9 cm³/mol. The Bertz CT molecular complexity index is 429. The molecule has 0 saturated carbocycles. The maximum atomic E-state index is 11.2. The second-order valence-corrected chi connectivity index (χ2v) is 6.87. The summed E-state index contributed by atoms with van der Waals surface area (Å²) >= 11 is 0. The van der Waals surface area contributed by atoms with Gasteiger partial charge in [-0.05, 0) is 12.0 Å². The number of benzene rings is 1. The van der Waals surface area contributed by atoms with Gasteiger partial charge in [-0.25, -0.2) is 0 Å². The molecule has 1 aromatic carbocycles. The first-order chi connectivity index (χ1) is 8.38. The van der Waals surface area contributed by atoms with E-state index in [1.165, 1.54) is 6.66 Å². The third-order valence-corrected chi connectivity index (χ3v) is 3.61. The molecule has 0 spiro atoms. The lowest BCUT2D eigenvalue weighted by atomic mass is 10.2. The van der Waals surface area contributed by atoms with Crippen molar-refractivity contribution in [2.75, 3.05) is 12.8 Å². The molecule has 18 heavy (non-hydrogen) atoms. The van der Waals surface area contributed by atoms with Crippen molar-refractivity contribution in [3.63, 3.8) is 0 Å². The topological polar surface area (TPSA) is 86.6 Å². The van der Waals surface area contributed by atoms with E-state index in [0.29, 0.717) is 6.54 Å². The lowest BCUT2D eigenvalue weighted by Gasteiger charge is -2.15. The maximum Gasteiger partial charge on any atom is 0.320 e. The fourth-order valence-electron chi connectivity index (χ4n) is 1.52. The molecule has 100 valence electrons. The summed E-state index contributed by atoms with van der Waals surface area (Å²) in [5.74, 6) is -1.00. The lowest BCUT2D eigenvalue weighted by molar-refractivity contribution is -0.139. The van der Waals surface area contributed by atoms with Crippen LogP contribution in [-0.4, -0.2) is 34.8 Å². The summed E-state index contributed by atoms with van der Waals surface area (Å²) in [6.45, 7) is 1.67. The molecule has 0 radical (unpaired) electrons. The number of hydrogen-bond acceptors (Lipinski definition) is 3. The van der Waals surface area contributed by atoms with Crippen molar-refractivity contribution >= 4 is 13.3 Å². The molecule has 5 nitrogen and oxygen atoms in total. The second kappa shape index (κ2) is 6.69. The summed E-state index contributed by atoms with van der Waals surface area (Å²) in [6, 6.07) is 8.62. The Labute approximate surface area is 106 Å². The molecule has 2 unspecified atom stereocenters. The van der Waals surface area contributed by atoms with Gasteiger partial charge in [-0.3, -0.25) is 9.36 Å². The van der Waals surface area contributed by atoms with Crippen LogP contribution in [0, 0.1) is 0 Å². The number of carboxylic acids is 1. The summed E-state index contributed by atoms with van der Waals surface area (Å²) in [4.78, 5) is 20.2. The molecule has 6 heteroatoms. The van der Waals surface area contributed by atoms with Crippen molar-refractivity contribution < 1.29 is 19.4 Å². The molecule has 0 heterocycles. The quantitative estimate of drug-likeness (QED) is 0.654. The van der Waals surface area contributed by atoms with Crippen molar-refractivity contribution in [3.8, 4) is 0 Å². The SMILES string of the molecule is CP(=O)(O)CCC(NCc1ccccc1)C(=O)O. The Balaban J connectivity index is 2.49. The zero-order valence-corrected chi connectivity index (χ0v) is 11.1. The van der Waals surface area contributed by atoms with Gasteiger partial charge >= 0.3 is 5.97 Å². The van der Waals surface area contributed by atoms with Crippen LogP contribution in [0.2, 0.25) is 0 Å². The first-order valence-corrected chi connectivity index (χ1v) is 7.97. The van der Waals surface area contributed by atoms with Gasteiger partial charge in [-0.2, -0.15) is 0 Å². The minimum atomic E-state index is -3.16. The van der Waals surface area contributed by atoms with Crippen LogP contribution in [0.4, 0.5) is 0 Å². The number of hydrogen-bond donors (Lipinski definition) is 3. The van der Waals surface area contributed by atoms with Crippen LogP contribution >= 0.6 is 7.37 Å². The van der Waals surface area contributed by atoms with Gasteiger partial charge in [0.15, 0.2) is 7.37 Å². The number of aliphatic carboxylic acids is 1. The van der Waals surface area contributed by atoms with E-state index in [1.807, 2.05) is 30.3 Å². The third kappa shape index (κ3) is 5.96. The van der Waals surface area contributed by atoms with Gasteiger partial charge in [0.2, 0.25) is 0 Å². The molecule has 1 aromatic rings. The first-order valence-electron chi connectivity index (χ1n) is 5.68. The van der Waals surface area contributed by atoms with Gasteiger partial charge in [0.05, 0.1) is 0 Å². The highest BCUT2D eigenvalue weighted by atomic mass is 31.2. The second-order valence-electron chi connectivity index (χ2n) is 4.32. The van der Waals surface area contributed by atoms with E-state index in [1.54, 1.807) is 0 Å². The molecule has 0 bridgehead atoms. The van der Waals surface area contributed by atoms with E-state index in [9.17, 15) is 9.36 Å². The van der Waals surface area contributed by atoms with Gasteiger partial charge in [-0.1, -0.05) is 30.3 Å². The Hall–Kier alpha value is -1.16. The minimum Gasteiger partial charge on any atom is -0.480 e. The maximum absolute atomic E-state index is 11.2. The normalized spacial score (nSPS) is 15.9. The van der Waals surface area contributed by atoms with Crippen molar-refractivity contribution in [1.29, 1.82) is 0 Å². The minimum absolute atomic E-state index is 0.00571. The van der Waals surface area contributed by atoms with Crippen molar-refractivity contribution in [2.24, 2.45) is 0 Å². The van der Waals surface area contributed by atoms with E-state index >= 15 is 0 Å². The number of nitrogens with one attached hydrogen (secondary N) is 1. The van der Waals surface area contributed by atoms with Crippen molar-refractivity contribution in [3.05, 3.63) is 35.9 Å². The highest BCUT2D eigenvalue weighted by Crippen LogP contribution is 2.35. The zero-order chi connectivity index (χ0) is 13.6. The van der Waals surface area contributed by atoms with Gasteiger partial charge in [0.1, 0.15) is 6.04 Å². The van der Waals surface area contributed by atoms with Crippen LogP contribution in [0.15, 0.2) is 30.3 Å². The van der Waals surface area contributed by atoms with Crippen LogP contribution in [0.1, 0.15) is 12.0 Å². The molecule has 0 amide bonds. The molecule has 1 rings (SSSR count). The average molecular weight is 271 g/mol. The predicted octanol–water partition coefficient (Wildman–Crippen LogP) is 1.52. The zero-order valence-electron chi connectivity index (χ0n) is 10.2. The van der Waals surface area contributed by atoms with Crippen molar-refractivity contribution in [1.82, 2.24) is 5.32 Å². The molecule has 0 aliphatic heterocycles. The van der Waals surface area contributed by atoms with Gasteiger partial charge in [-0.15, -0.1) is 0 Å². The Morgan fingerprint density at radius 1 is 1.39 bits per heavy atom. The fraction of sp³-hybridized carbons (Fsp3) is 0.417. The number of rotatable bonds is 7. The van der Waals surface area contributed by atoms with Crippen LogP contribution in [0.5, 0.6) is 0 Å². The summed E-state index contributed by atoms with van der Waals surface area (Å²) in [6.07, 6.45) is 0.151.